The highest BCUT2D eigenvalue weighted by Crippen LogP contribution is 2.18. The number of amides is 1. The van der Waals surface area contributed by atoms with Gasteiger partial charge in [-0.3, -0.25) is 4.79 Å². The van der Waals surface area contributed by atoms with E-state index in [9.17, 15) is 4.79 Å². The number of aryl methyl sites for hydroxylation is 2. The summed E-state index contributed by atoms with van der Waals surface area (Å²) in [6, 6.07) is 0. The fraction of sp³-hybridized carbons (Fsp3) is 0.733. The Morgan fingerprint density at radius 1 is 1.40 bits per heavy atom. The van der Waals surface area contributed by atoms with Gasteiger partial charge in [0.05, 0.1) is 12.1 Å². The molecule has 5 heteroatoms. The molecule has 0 saturated carbocycles. The van der Waals surface area contributed by atoms with E-state index in [1.807, 2.05) is 18.7 Å². The van der Waals surface area contributed by atoms with Gasteiger partial charge in [0.2, 0.25) is 5.91 Å². The van der Waals surface area contributed by atoms with E-state index in [1.165, 1.54) is 0 Å². The smallest absolute Gasteiger partial charge is 0.227 e. The fourth-order valence-electron chi connectivity index (χ4n) is 2.16. The molecule has 0 aliphatic heterocycles. The van der Waals surface area contributed by atoms with Gasteiger partial charge in [0.15, 0.2) is 0 Å². The molecule has 1 heterocycles. The van der Waals surface area contributed by atoms with Crippen LogP contribution in [0.4, 0.5) is 0 Å². The van der Waals surface area contributed by atoms with Crippen LogP contribution in [0.15, 0.2) is 4.52 Å². The van der Waals surface area contributed by atoms with E-state index >= 15 is 0 Å². The van der Waals surface area contributed by atoms with E-state index in [4.69, 9.17) is 10.3 Å². The van der Waals surface area contributed by atoms with Gasteiger partial charge in [-0.1, -0.05) is 25.9 Å². The lowest BCUT2D eigenvalue weighted by Crippen LogP contribution is -2.43. The van der Waals surface area contributed by atoms with Crippen molar-refractivity contribution < 1.29 is 9.32 Å². The van der Waals surface area contributed by atoms with Crippen molar-refractivity contribution in [2.45, 2.75) is 47.5 Å². The molecule has 2 N–H and O–H groups in total. The minimum atomic E-state index is -0.0659. The van der Waals surface area contributed by atoms with Crippen LogP contribution < -0.4 is 5.73 Å². The average molecular weight is 281 g/mol. The summed E-state index contributed by atoms with van der Waals surface area (Å²) in [6.45, 7) is 11.9. The zero-order valence-corrected chi connectivity index (χ0v) is 13.3. The summed E-state index contributed by atoms with van der Waals surface area (Å²) in [4.78, 5) is 14.4. The number of carbonyl (C=O) groups is 1. The Kier molecular flexibility index (Phi) is 5.74. The monoisotopic (exact) mass is 281 g/mol. The number of hydrogen-bond donors (Lipinski definition) is 1. The van der Waals surface area contributed by atoms with Gasteiger partial charge in [0, 0.05) is 18.7 Å². The fourth-order valence-corrected chi connectivity index (χ4v) is 2.16. The van der Waals surface area contributed by atoms with Crippen LogP contribution in [-0.2, 0) is 11.2 Å². The SMILES string of the molecule is CCCN(CC(C)(C)CN)C(=O)Cc1c(C)noc1C. The van der Waals surface area contributed by atoms with Crippen LogP contribution in [0.3, 0.4) is 0 Å². The van der Waals surface area contributed by atoms with Crippen molar-refractivity contribution in [2.75, 3.05) is 19.6 Å². The molecule has 0 radical (unpaired) electrons. The van der Waals surface area contributed by atoms with E-state index in [0.29, 0.717) is 19.5 Å². The molecule has 0 atom stereocenters. The average Bonchev–Trinajstić information content (AvgIpc) is 2.70. The number of nitrogens with two attached hydrogens (primary N) is 1. The summed E-state index contributed by atoms with van der Waals surface area (Å²) in [5, 5.41) is 3.90. The van der Waals surface area contributed by atoms with Crippen LogP contribution in [0.1, 0.15) is 44.2 Å². The first-order chi connectivity index (χ1) is 9.30. The number of aromatic nitrogens is 1. The molecule has 0 aliphatic rings. The van der Waals surface area contributed by atoms with Crippen LogP contribution in [0.25, 0.3) is 0 Å². The highest BCUT2D eigenvalue weighted by molar-refractivity contribution is 5.79. The summed E-state index contributed by atoms with van der Waals surface area (Å²) in [7, 11) is 0. The molecular weight excluding hydrogens is 254 g/mol. The zero-order chi connectivity index (χ0) is 15.3. The molecule has 0 spiro atoms. The third kappa shape index (κ3) is 4.34. The molecule has 0 aliphatic carbocycles. The van der Waals surface area contributed by atoms with Gasteiger partial charge in [0.25, 0.3) is 0 Å². The van der Waals surface area contributed by atoms with Gasteiger partial charge in [-0.2, -0.15) is 0 Å². The highest BCUT2D eigenvalue weighted by Gasteiger charge is 2.24. The van der Waals surface area contributed by atoms with Crippen LogP contribution in [0, 0.1) is 19.3 Å². The lowest BCUT2D eigenvalue weighted by Gasteiger charge is -2.31. The summed E-state index contributed by atoms with van der Waals surface area (Å²) in [5.41, 5.74) is 7.41. The van der Waals surface area contributed by atoms with Gasteiger partial charge in [0.1, 0.15) is 5.76 Å². The molecular formula is C15H27N3O2. The van der Waals surface area contributed by atoms with E-state index in [0.717, 1.165) is 30.0 Å². The van der Waals surface area contributed by atoms with E-state index in [-0.39, 0.29) is 11.3 Å². The number of nitrogens with zero attached hydrogens (tertiary/aromatic N) is 2. The normalized spacial score (nSPS) is 11.7. The predicted molar refractivity (Wildman–Crippen MR) is 79.4 cm³/mol. The van der Waals surface area contributed by atoms with E-state index in [1.54, 1.807) is 0 Å². The lowest BCUT2D eigenvalue weighted by atomic mass is 9.92. The van der Waals surface area contributed by atoms with Crippen molar-refractivity contribution in [2.24, 2.45) is 11.1 Å². The summed E-state index contributed by atoms with van der Waals surface area (Å²) < 4.78 is 5.12. The van der Waals surface area contributed by atoms with Gasteiger partial charge in [-0.15, -0.1) is 0 Å². The second-order valence-corrected chi connectivity index (χ2v) is 6.16. The molecule has 0 aromatic carbocycles. The Morgan fingerprint density at radius 2 is 2.05 bits per heavy atom. The van der Waals surface area contributed by atoms with Crippen LogP contribution in [-0.4, -0.2) is 35.6 Å². The summed E-state index contributed by atoms with van der Waals surface area (Å²) >= 11 is 0. The minimum Gasteiger partial charge on any atom is -0.361 e. The molecule has 0 saturated heterocycles. The van der Waals surface area contributed by atoms with Crippen LogP contribution >= 0.6 is 0 Å². The van der Waals surface area contributed by atoms with Gasteiger partial charge >= 0.3 is 0 Å². The molecule has 1 amide bonds. The number of carbonyl (C=O) groups excluding carboxylic acids is 1. The van der Waals surface area contributed by atoms with Crippen molar-refractivity contribution in [3.05, 3.63) is 17.0 Å². The Morgan fingerprint density at radius 3 is 2.50 bits per heavy atom. The lowest BCUT2D eigenvalue weighted by molar-refractivity contribution is -0.131. The van der Waals surface area contributed by atoms with Gasteiger partial charge in [-0.25, -0.2) is 0 Å². The van der Waals surface area contributed by atoms with Crippen molar-refractivity contribution in [3.8, 4) is 0 Å². The van der Waals surface area contributed by atoms with Crippen molar-refractivity contribution in [1.82, 2.24) is 10.1 Å². The van der Waals surface area contributed by atoms with Crippen LogP contribution in [0.2, 0.25) is 0 Å². The maximum atomic E-state index is 12.5. The molecule has 0 bridgehead atoms. The predicted octanol–water partition coefficient (Wildman–Crippen LogP) is 2.06. The highest BCUT2D eigenvalue weighted by atomic mass is 16.5. The van der Waals surface area contributed by atoms with E-state index in [2.05, 4.69) is 25.9 Å². The first-order valence-electron chi connectivity index (χ1n) is 7.20. The number of hydrogen-bond acceptors (Lipinski definition) is 4. The molecule has 1 rings (SSSR count). The summed E-state index contributed by atoms with van der Waals surface area (Å²) in [5.74, 6) is 0.841. The molecule has 1 aromatic rings. The van der Waals surface area contributed by atoms with Crippen molar-refractivity contribution >= 4 is 5.91 Å². The first-order valence-corrected chi connectivity index (χ1v) is 7.20. The van der Waals surface area contributed by atoms with Gasteiger partial charge < -0.3 is 15.2 Å². The molecule has 5 nitrogen and oxygen atoms in total. The Bertz CT molecular complexity index is 432. The molecule has 20 heavy (non-hydrogen) atoms. The maximum Gasteiger partial charge on any atom is 0.227 e. The Hall–Kier alpha value is -1.36. The third-order valence-electron chi connectivity index (χ3n) is 3.53. The number of rotatable bonds is 7. The molecule has 1 aromatic heterocycles. The molecule has 0 unspecified atom stereocenters. The van der Waals surface area contributed by atoms with Crippen LogP contribution in [0.5, 0.6) is 0 Å². The third-order valence-corrected chi connectivity index (χ3v) is 3.53. The van der Waals surface area contributed by atoms with Crippen molar-refractivity contribution in [1.29, 1.82) is 0 Å². The molecule has 114 valence electrons. The first kappa shape index (κ1) is 16.7. The van der Waals surface area contributed by atoms with Gasteiger partial charge in [-0.05, 0) is 32.2 Å². The maximum absolute atomic E-state index is 12.5. The quantitative estimate of drug-likeness (QED) is 0.830. The zero-order valence-electron chi connectivity index (χ0n) is 13.3. The summed E-state index contributed by atoms with van der Waals surface area (Å²) in [6.07, 6.45) is 1.29. The minimum absolute atomic E-state index is 0.0659. The second kappa shape index (κ2) is 6.88. The van der Waals surface area contributed by atoms with E-state index < -0.39 is 0 Å². The molecule has 0 fully saturated rings. The largest absolute Gasteiger partial charge is 0.361 e. The standard InChI is InChI=1S/C15H27N3O2/c1-6-7-18(10-15(4,5)9-16)14(19)8-13-11(2)17-20-12(13)3/h6-10,16H2,1-5H3. The Balaban J connectivity index is 2.79. The topological polar surface area (TPSA) is 72.4 Å². The second-order valence-electron chi connectivity index (χ2n) is 6.16. The Labute approximate surface area is 121 Å². The van der Waals surface area contributed by atoms with Crippen molar-refractivity contribution in [3.63, 3.8) is 0 Å².